The molecule has 0 aromatic heterocycles. The molecule has 1 saturated heterocycles. The van der Waals surface area contributed by atoms with E-state index in [0.29, 0.717) is 41.4 Å². The number of unbranched alkanes of at least 4 members (excludes halogenated alkanes) is 3. The van der Waals surface area contributed by atoms with E-state index in [4.69, 9.17) is 23.7 Å². The van der Waals surface area contributed by atoms with E-state index in [2.05, 4.69) is 13.2 Å². The van der Waals surface area contributed by atoms with Gasteiger partial charge in [-0.05, 0) is 78.9 Å². The van der Waals surface area contributed by atoms with E-state index in [1.165, 1.54) is 0 Å². The van der Waals surface area contributed by atoms with Gasteiger partial charge in [0, 0.05) is 18.1 Å². The highest BCUT2D eigenvalue weighted by Gasteiger charge is 2.26. The first-order valence-electron chi connectivity index (χ1n) is 14.4. The van der Waals surface area contributed by atoms with Gasteiger partial charge in [0.1, 0.15) is 36.6 Å². The summed E-state index contributed by atoms with van der Waals surface area (Å²) in [5.74, 6) is 0.612. The summed E-state index contributed by atoms with van der Waals surface area (Å²) < 4.78 is 27.1. The van der Waals surface area contributed by atoms with Crippen LogP contribution < -0.4 is 14.2 Å². The molecule has 1 aliphatic rings. The number of benzene rings is 3. The zero-order valence-corrected chi connectivity index (χ0v) is 24.1. The molecule has 43 heavy (non-hydrogen) atoms. The summed E-state index contributed by atoms with van der Waals surface area (Å²) in [5.41, 5.74) is 2.93. The summed E-state index contributed by atoms with van der Waals surface area (Å²) in [6, 6.07) is 21.7. The fourth-order valence-electron chi connectivity index (χ4n) is 4.49. The SMILES string of the molecule is C=CC(=O)OCCOc1ccc(-c2ccc(OC(=O)c3ccc(OCCCCCCC4CC(=C)C(=O)O4)cc3)cc2)cc1. The van der Waals surface area contributed by atoms with E-state index in [0.717, 1.165) is 49.3 Å². The highest BCUT2D eigenvalue weighted by molar-refractivity contribution is 5.91. The maximum absolute atomic E-state index is 12.6. The van der Waals surface area contributed by atoms with Crippen molar-refractivity contribution in [3.63, 3.8) is 0 Å². The quantitative estimate of drug-likeness (QED) is 0.0778. The molecular weight excluding hydrogens is 548 g/mol. The lowest BCUT2D eigenvalue weighted by Gasteiger charge is -2.09. The van der Waals surface area contributed by atoms with Gasteiger partial charge < -0.3 is 23.7 Å². The van der Waals surface area contributed by atoms with Crippen molar-refractivity contribution in [2.24, 2.45) is 0 Å². The molecule has 0 spiro atoms. The third-order valence-corrected chi connectivity index (χ3v) is 6.83. The van der Waals surface area contributed by atoms with Crippen LogP contribution in [0.1, 0.15) is 48.9 Å². The number of carbonyl (C=O) groups is 3. The molecule has 0 bridgehead atoms. The Morgan fingerprint density at radius 1 is 0.767 bits per heavy atom. The molecule has 0 saturated carbocycles. The Morgan fingerprint density at radius 2 is 1.35 bits per heavy atom. The molecule has 0 amide bonds. The maximum atomic E-state index is 12.6. The smallest absolute Gasteiger partial charge is 0.343 e. The minimum Gasteiger partial charge on any atom is -0.494 e. The normalized spacial score (nSPS) is 14.1. The van der Waals surface area contributed by atoms with E-state index in [-0.39, 0.29) is 25.3 Å². The molecule has 8 nitrogen and oxygen atoms in total. The van der Waals surface area contributed by atoms with Crippen LogP contribution in [0.5, 0.6) is 17.2 Å². The van der Waals surface area contributed by atoms with Gasteiger partial charge in [0.05, 0.1) is 12.2 Å². The van der Waals surface area contributed by atoms with E-state index < -0.39 is 11.9 Å². The average molecular weight is 585 g/mol. The summed E-state index contributed by atoms with van der Waals surface area (Å²) in [6.07, 6.45) is 6.62. The summed E-state index contributed by atoms with van der Waals surface area (Å²) in [5, 5.41) is 0. The van der Waals surface area contributed by atoms with Crippen molar-refractivity contribution in [1.82, 2.24) is 0 Å². The number of hydrogen-bond donors (Lipinski definition) is 0. The Labute approximate surface area is 251 Å². The lowest BCUT2D eigenvalue weighted by Crippen LogP contribution is -2.10. The molecule has 1 atom stereocenters. The molecule has 8 heteroatoms. The van der Waals surface area contributed by atoms with Crippen LogP contribution in [0.3, 0.4) is 0 Å². The molecule has 0 aliphatic carbocycles. The summed E-state index contributed by atoms with van der Waals surface area (Å²) in [6.45, 7) is 8.04. The van der Waals surface area contributed by atoms with E-state index in [1.54, 1.807) is 36.4 Å². The summed E-state index contributed by atoms with van der Waals surface area (Å²) >= 11 is 0. The van der Waals surface area contributed by atoms with Crippen LogP contribution in [0.15, 0.2) is 97.6 Å². The average Bonchev–Trinajstić information content (AvgIpc) is 3.35. The zero-order valence-electron chi connectivity index (χ0n) is 24.1. The van der Waals surface area contributed by atoms with Crippen LogP contribution in [-0.2, 0) is 19.1 Å². The first-order valence-corrected chi connectivity index (χ1v) is 14.4. The van der Waals surface area contributed by atoms with Crippen molar-refractivity contribution < 1.29 is 38.1 Å². The molecule has 3 aromatic rings. The van der Waals surface area contributed by atoms with Gasteiger partial charge in [0.2, 0.25) is 0 Å². The minimum absolute atomic E-state index is 0.0130. The molecule has 0 N–H and O–H groups in total. The molecule has 1 unspecified atom stereocenters. The summed E-state index contributed by atoms with van der Waals surface area (Å²) in [4.78, 5) is 35.1. The number of esters is 3. The van der Waals surface area contributed by atoms with E-state index in [1.807, 2.05) is 36.4 Å². The van der Waals surface area contributed by atoms with Crippen LogP contribution in [0.2, 0.25) is 0 Å². The van der Waals surface area contributed by atoms with Crippen LogP contribution in [0, 0.1) is 0 Å². The van der Waals surface area contributed by atoms with Gasteiger partial charge in [-0.3, -0.25) is 0 Å². The number of rotatable bonds is 16. The largest absolute Gasteiger partial charge is 0.494 e. The van der Waals surface area contributed by atoms with E-state index in [9.17, 15) is 14.4 Å². The van der Waals surface area contributed by atoms with Gasteiger partial charge in [0.15, 0.2) is 0 Å². The minimum atomic E-state index is -0.481. The molecular formula is C35H36O8. The fraction of sp³-hybridized carbons (Fsp3) is 0.286. The number of hydrogen-bond acceptors (Lipinski definition) is 8. The number of carbonyl (C=O) groups excluding carboxylic acids is 3. The van der Waals surface area contributed by atoms with Gasteiger partial charge >= 0.3 is 17.9 Å². The van der Waals surface area contributed by atoms with Gasteiger partial charge in [-0.2, -0.15) is 0 Å². The topological polar surface area (TPSA) is 97.4 Å². The Morgan fingerprint density at radius 3 is 1.95 bits per heavy atom. The Kier molecular flexibility index (Phi) is 11.5. The lowest BCUT2D eigenvalue weighted by molar-refractivity contribution is -0.139. The first-order chi connectivity index (χ1) is 20.9. The van der Waals surface area contributed by atoms with Gasteiger partial charge in [-0.25, -0.2) is 14.4 Å². The second-order valence-corrected chi connectivity index (χ2v) is 10.1. The molecule has 1 heterocycles. The zero-order chi connectivity index (χ0) is 30.4. The Bertz CT molecular complexity index is 1380. The predicted molar refractivity (Wildman–Crippen MR) is 162 cm³/mol. The Balaban J connectivity index is 1.13. The van der Waals surface area contributed by atoms with Crippen LogP contribution >= 0.6 is 0 Å². The highest BCUT2D eigenvalue weighted by atomic mass is 16.6. The van der Waals surface area contributed by atoms with Crippen LogP contribution in [0.25, 0.3) is 11.1 Å². The molecule has 3 aromatic carbocycles. The van der Waals surface area contributed by atoms with Crippen LogP contribution in [-0.4, -0.2) is 43.8 Å². The predicted octanol–water partition coefficient (Wildman–Crippen LogP) is 6.88. The Hall–Kier alpha value is -4.85. The molecule has 1 aliphatic heterocycles. The fourth-order valence-corrected chi connectivity index (χ4v) is 4.49. The first kappa shape index (κ1) is 31.1. The molecule has 224 valence electrons. The van der Waals surface area contributed by atoms with Gasteiger partial charge in [0.25, 0.3) is 0 Å². The second kappa shape index (κ2) is 16.0. The van der Waals surface area contributed by atoms with Crippen molar-refractivity contribution in [2.45, 2.75) is 44.6 Å². The van der Waals surface area contributed by atoms with Crippen molar-refractivity contribution in [3.05, 3.63) is 103 Å². The monoisotopic (exact) mass is 584 g/mol. The van der Waals surface area contributed by atoms with Gasteiger partial charge in [-0.15, -0.1) is 0 Å². The maximum Gasteiger partial charge on any atom is 0.343 e. The molecule has 1 fully saturated rings. The highest BCUT2D eigenvalue weighted by Crippen LogP contribution is 2.26. The third-order valence-electron chi connectivity index (χ3n) is 6.83. The third kappa shape index (κ3) is 9.88. The second-order valence-electron chi connectivity index (χ2n) is 10.1. The van der Waals surface area contributed by atoms with Crippen molar-refractivity contribution >= 4 is 17.9 Å². The molecule has 4 rings (SSSR count). The standard InChI is InChI=1S/C35H36O8/c1-3-33(36)41-23-22-40-30-15-9-26(10-16-30)27-11-19-31(20-12-27)42-35(38)28-13-17-29(18-14-28)39-21-7-5-4-6-8-32-24-25(2)34(37)43-32/h3,9-20,32H,1-2,4-8,21-24H2. The van der Waals surface area contributed by atoms with Crippen molar-refractivity contribution in [3.8, 4) is 28.4 Å². The number of ether oxygens (including phenoxy) is 5. The van der Waals surface area contributed by atoms with Gasteiger partial charge in [-0.1, -0.05) is 50.3 Å². The van der Waals surface area contributed by atoms with Crippen LogP contribution in [0.4, 0.5) is 0 Å². The lowest BCUT2D eigenvalue weighted by atomic mass is 10.1. The van der Waals surface area contributed by atoms with E-state index >= 15 is 0 Å². The number of cyclic esters (lactones) is 1. The van der Waals surface area contributed by atoms with Crippen molar-refractivity contribution in [2.75, 3.05) is 19.8 Å². The molecule has 0 radical (unpaired) electrons. The van der Waals surface area contributed by atoms with Crippen molar-refractivity contribution in [1.29, 1.82) is 0 Å². The summed E-state index contributed by atoms with van der Waals surface area (Å²) in [7, 11) is 0.